The van der Waals surface area contributed by atoms with Gasteiger partial charge in [-0.15, -0.1) is 11.3 Å². The number of aryl methyl sites for hydroxylation is 1. The van der Waals surface area contributed by atoms with Crippen LogP contribution in [0, 0.1) is 18.3 Å². The molecule has 0 spiro atoms. The minimum Gasteiger partial charge on any atom is -0.494 e. The van der Waals surface area contributed by atoms with Gasteiger partial charge >= 0.3 is 11.9 Å². The lowest BCUT2D eigenvalue weighted by atomic mass is 9.81. The van der Waals surface area contributed by atoms with E-state index in [1.807, 2.05) is 6.92 Å². The van der Waals surface area contributed by atoms with Gasteiger partial charge in [0.25, 0.3) is 0 Å². The second-order valence-electron chi connectivity index (χ2n) is 7.56. The molecule has 1 unspecified atom stereocenters. The van der Waals surface area contributed by atoms with Crippen LogP contribution < -0.4 is 15.4 Å². The molecule has 0 bridgehead atoms. The summed E-state index contributed by atoms with van der Waals surface area (Å²) in [7, 11) is 3.87. The standard InChI is InChI=1S/C25H22N4O5S/c1-13-28-16-10-18(32-2)17(11-19(16)35-13)29-22(25(31)34-4)21(24(30)33-3)20(15(12-26)23(29)27)14-8-6-5-7-9-14/h5-11,20H,27H2,1-4H3. The molecule has 0 saturated carbocycles. The second kappa shape index (κ2) is 9.48. The SMILES string of the molecule is COC(=O)C1=C(C(=O)OC)N(c2cc3sc(C)nc3cc2OC)C(N)=C(C#N)C1c1ccccc1. The van der Waals surface area contributed by atoms with E-state index >= 15 is 0 Å². The Morgan fingerprint density at radius 2 is 1.80 bits per heavy atom. The number of rotatable bonds is 5. The fourth-order valence-electron chi connectivity index (χ4n) is 4.16. The third-order valence-electron chi connectivity index (χ3n) is 5.65. The van der Waals surface area contributed by atoms with Gasteiger partial charge in [-0.05, 0) is 18.6 Å². The van der Waals surface area contributed by atoms with Crippen LogP contribution in [0.5, 0.6) is 5.75 Å². The van der Waals surface area contributed by atoms with E-state index in [0.717, 1.165) is 9.71 Å². The van der Waals surface area contributed by atoms with Gasteiger partial charge in [-0.1, -0.05) is 30.3 Å². The predicted molar refractivity (Wildman–Crippen MR) is 130 cm³/mol. The van der Waals surface area contributed by atoms with Crippen molar-refractivity contribution in [3.8, 4) is 11.8 Å². The summed E-state index contributed by atoms with van der Waals surface area (Å²) < 4.78 is 16.5. The van der Waals surface area contributed by atoms with Crippen LogP contribution in [0.25, 0.3) is 10.2 Å². The zero-order valence-corrected chi connectivity index (χ0v) is 20.3. The summed E-state index contributed by atoms with van der Waals surface area (Å²) in [5.74, 6) is -2.26. The first-order valence-electron chi connectivity index (χ1n) is 10.5. The Balaban J connectivity index is 2.11. The van der Waals surface area contributed by atoms with Crippen LogP contribution in [-0.2, 0) is 19.1 Å². The normalized spacial score (nSPS) is 15.7. The summed E-state index contributed by atoms with van der Waals surface area (Å²) in [5, 5.41) is 11.0. The highest BCUT2D eigenvalue weighted by molar-refractivity contribution is 7.18. The number of ether oxygens (including phenoxy) is 3. The molecule has 9 nitrogen and oxygen atoms in total. The molecule has 3 aromatic rings. The minimum absolute atomic E-state index is 0.0340. The third kappa shape index (κ3) is 3.96. The molecule has 0 radical (unpaired) electrons. The topological polar surface area (TPSA) is 128 Å². The number of thiazole rings is 1. The third-order valence-corrected chi connectivity index (χ3v) is 6.58. The molecule has 1 atom stereocenters. The summed E-state index contributed by atoms with van der Waals surface area (Å²) in [6, 6.07) is 14.4. The number of benzene rings is 2. The molecule has 2 N–H and O–H groups in total. The van der Waals surface area contributed by atoms with Crippen molar-refractivity contribution < 1.29 is 23.8 Å². The van der Waals surface area contributed by atoms with E-state index in [4.69, 9.17) is 19.9 Å². The second-order valence-corrected chi connectivity index (χ2v) is 8.79. The number of allylic oxidation sites excluding steroid dienone is 1. The minimum atomic E-state index is -0.945. The Morgan fingerprint density at radius 1 is 1.11 bits per heavy atom. The van der Waals surface area contributed by atoms with Crippen molar-refractivity contribution in [3.63, 3.8) is 0 Å². The smallest absolute Gasteiger partial charge is 0.355 e. The van der Waals surface area contributed by atoms with Crippen LogP contribution >= 0.6 is 11.3 Å². The Labute approximate surface area is 205 Å². The van der Waals surface area contributed by atoms with E-state index in [1.54, 1.807) is 42.5 Å². The maximum atomic E-state index is 13.2. The Kier molecular flexibility index (Phi) is 6.44. The zero-order chi connectivity index (χ0) is 25.3. The molecule has 4 rings (SSSR count). The van der Waals surface area contributed by atoms with E-state index in [2.05, 4.69) is 11.1 Å². The maximum Gasteiger partial charge on any atom is 0.355 e. The van der Waals surface area contributed by atoms with E-state index in [1.165, 1.54) is 37.6 Å². The fraction of sp³-hybridized carbons (Fsp3) is 0.200. The monoisotopic (exact) mass is 490 g/mol. The van der Waals surface area contributed by atoms with Gasteiger partial charge in [-0.3, -0.25) is 4.90 Å². The molecule has 0 fully saturated rings. The number of methoxy groups -OCH3 is 3. The van der Waals surface area contributed by atoms with Crippen LogP contribution in [0.4, 0.5) is 5.69 Å². The predicted octanol–water partition coefficient (Wildman–Crippen LogP) is 3.51. The number of hydrogen-bond acceptors (Lipinski definition) is 10. The van der Waals surface area contributed by atoms with E-state index in [9.17, 15) is 14.9 Å². The molecule has 2 aromatic carbocycles. The highest BCUT2D eigenvalue weighted by Crippen LogP contribution is 2.46. The molecule has 10 heteroatoms. The maximum absolute atomic E-state index is 13.2. The summed E-state index contributed by atoms with van der Waals surface area (Å²) in [6.45, 7) is 1.87. The van der Waals surface area contributed by atoms with Crippen molar-refractivity contribution in [2.24, 2.45) is 5.73 Å². The number of nitrogens with two attached hydrogens (primary N) is 1. The van der Waals surface area contributed by atoms with Gasteiger partial charge in [0, 0.05) is 6.07 Å². The zero-order valence-electron chi connectivity index (χ0n) is 19.5. The van der Waals surface area contributed by atoms with Crippen LogP contribution in [0.15, 0.2) is 65.1 Å². The largest absolute Gasteiger partial charge is 0.494 e. The molecule has 1 aliphatic rings. The number of nitriles is 1. The van der Waals surface area contributed by atoms with Crippen molar-refractivity contribution in [1.82, 2.24) is 4.98 Å². The highest BCUT2D eigenvalue weighted by atomic mass is 32.1. The van der Waals surface area contributed by atoms with Crippen LogP contribution in [0.1, 0.15) is 16.5 Å². The van der Waals surface area contributed by atoms with Crippen molar-refractivity contribution in [1.29, 1.82) is 5.26 Å². The molecule has 2 heterocycles. The van der Waals surface area contributed by atoms with Crippen molar-refractivity contribution >= 4 is 39.2 Å². The number of carbonyl (C=O) groups is 2. The van der Waals surface area contributed by atoms with Crippen LogP contribution in [0.2, 0.25) is 0 Å². The summed E-state index contributed by atoms with van der Waals surface area (Å²) >= 11 is 1.44. The van der Waals surface area contributed by atoms with Gasteiger partial charge in [0.15, 0.2) is 0 Å². The van der Waals surface area contributed by atoms with Crippen molar-refractivity contribution in [3.05, 3.63) is 75.7 Å². The van der Waals surface area contributed by atoms with Gasteiger partial charge < -0.3 is 19.9 Å². The molecule has 178 valence electrons. The number of carbonyl (C=O) groups excluding carboxylic acids is 2. The average molecular weight is 491 g/mol. The molecule has 0 aliphatic carbocycles. The van der Waals surface area contributed by atoms with Crippen molar-refractivity contribution in [2.75, 3.05) is 26.2 Å². The molecular weight excluding hydrogens is 468 g/mol. The number of anilines is 1. The lowest BCUT2D eigenvalue weighted by Gasteiger charge is -2.36. The molecule has 1 aliphatic heterocycles. The van der Waals surface area contributed by atoms with E-state index < -0.39 is 17.9 Å². The fourth-order valence-corrected chi connectivity index (χ4v) is 5.00. The number of esters is 2. The van der Waals surface area contributed by atoms with Crippen molar-refractivity contribution in [2.45, 2.75) is 12.8 Å². The Morgan fingerprint density at radius 3 is 2.40 bits per heavy atom. The molecule has 0 saturated heterocycles. The van der Waals surface area contributed by atoms with Gasteiger partial charge in [-0.2, -0.15) is 5.26 Å². The van der Waals surface area contributed by atoms with Gasteiger partial charge in [0.2, 0.25) is 0 Å². The lowest BCUT2D eigenvalue weighted by molar-refractivity contribution is -0.139. The van der Waals surface area contributed by atoms with Crippen LogP contribution in [0.3, 0.4) is 0 Å². The highest BCUT2D eigenvalue weighted by Gasteiger charge is 2.43. The van der Waals surface area contributed by atoms with Gasteiger partial charge in [0.05, 0.1) is 65.4 Å². The summed E-state index contributed by atoms with van der Waals surface area (Å²) in [5.41, 5.74) is 8.06. The molecule has 1 aromatic heterocycles. The molecular formula is C25H22N4O5S. The average Bonchev–Trinajstić information content (AvgIpc) is 3.25. The molecule has 0 amide bonds. The number of hydrogen-bond donors (Lipinski definition) is 1. The first-order valence-corrected chi connectivity index (χ1v) is 11.3. The summed E-state index contributed by atoms with van der Waals surface area (Å²) in [4.78, 5) is 32.2. The van der Waals surface area contributed by atoms with E-state index in [0.29, 0.717) is 22.5 Å². The number of fused-ring (bicyclic) bond motifs is 1. The number of nitrogens with zero attached hydrogens (tertiary/aromatic N) is 3. The summed E-state index contributed by atoms with van der Waals surface area (Å²) in [6.07, 6.45) is 0. The Hall–Kier alpha value is -4.36. The van der Waals surface area contributed by atoms with E-state index in [-0.39, 0.29) is 22.7 Å². The Bertz CT molecular complexity index is 1440. The lowest BCUT2D eigenvalue weighted by Crippen LogP contribution is -2.40. The first kappa shape index (κ1) is 23.8. The van der Waals surface area contributed by atoms with Gasteiger partial charge in [0.1, 0.15) is 17.3 Å². The number of aromatic nitrogens is 1. The molecule has 35 heavy (non-hydrogen) atoms. The van der Waals surface area contributed by atoms with Gasteiger partial charge in [-0.25, -0.2) is 14.6 Å². The van der Waals surface area contributed by atoms with Crippen LogP contribution in [-0.4, -0.2) is 38.3 Å². The quantitative estimate of drug-likeness (QED) is 0.534. The first-order chi connectivity index (χ1) is 16.9.